The van der Waals surface area contributed by atoms with Crippen LogP contribution >= 0.6 is 0 Å². The lowest BCUT2D eigenvalue weighted by molar-refractivity contribution is -0.318. The summed E-state index contributed by atoms with van der Waals surface area (Å²) in [5.74, 6) is -2.52. The number of aliphatic hydroxyl groups excluding tert-OH is 1. The highest BCUT2D eigenvalue weighted by Crippen LogP contribution is 2.33. The van der Waals surface area contributed by atoms with E-state index in [1.807, 2.05) is 30.3 Å². The van der Waals surface area contributed by atoms with E-state index in [1.54, 1.807) is 6.92 Å². The molecule has 4 heteroatoms. The molecule has 22 heavy (non-hydrogen) atoms. The number of rotatable bonds is 10. The molecule has 126 valence electrons. The van der Waals surface area contributed by atoms with Crippen LogP contribution in [0.5, 0.6) is 0 Å². The first-order valence-corrected chi connectivity index (χ1v) is 8.26. The van der Waals surface area contributed by atoms with Crippen molar-refractivity contribution < 1.29 is 20.4 Å². The minimum absolute atomic E-state index is 0.0884. The third-order valence-electron chi connectivity index (χ3n) is 4.45. The fourth-order valence-electron chi connectivity index (χ4n) is 2.75. The lowest BCUT2D eigenvalue weighted by Gasteiger charge is -2.42. The summed E-state index contributed by atoms with van der Waals surface area (Å²) in [6.07, 6.45) is 2.86. The molecule has 0 saturated carbocycles. The highest BCUT2D eigenvalue weighted by molar-refractivity contribution is 5.16. The second kappa shape index (κ2) is 8.63. The molecule has 0 aliphatic heterocycles. The molecule has 2 atom stereocenters. The first kappa shape index (κ1) is 19.1. The van der Waals surface area contributed by atoms with E-state index in [0.717, 1.165) is 24.8 Å². The van der Waals surface area contributed by atoms with Crippen LogP contribution in [0.3, 0.4) is 0 Å². The Morgan fingerprint density at radius 3 is 2.14 bits per heavy atom. The van der Waals surface area contributed by atoms with E-state index in [9.17, 15) is 20.4 Å². The number of aliphatic hydroxyl groups is 4. The molecule has 0 fully saturated rings. The fourth-order valence-corrected chi connectivity index (χ4v) is 2.75. The van der Waals surface area contributed by atoms with E-state index in [-0.39, 0.29) is 19.3 Å². The zero-order valence-electron chi connectivity index (χ0n) is 13.7. The summed E-state index contributed by atoms with van der Waals surface area (Å²) in [4.78, 5) is 0. The molecule has 0 aliphatic rings. The number of hydrogen-bond acceptors (Lipinski definition) is 4. The summed E-state index contributed by atoms with van der Waals surface area (Å²) in [6.45, 7) is 3.80. The van der Waals surface area contributed by atoms with Crippen molar-refractivity contribution in [1.82, 2.24) is 0 Å². The zero-order valence-corrected chi connectivity index (χ0v) is 13.7. The van der Waals surface area contributed by atoms with Crippen LogP contribution in [-0.2, 0) is 6.42 Å². The van der Waals surface area contributed by atoms with Gasteiger partial charge < -0.3 is 20.4 Å². The van der Waals surface area contributed by atoms with Crippen LogP contribution in [0.2, 0.25) is 0 Å². The zero-order chi connectivity index (χ0) is 16.6. The molecule has 1 rings (SSSR count). The molecule has 2 unspecified atom stereocenters. The van der Waals surface area contributed by atoms with Crippen molar-refractivity contribution in [3.8, 4) is 0 Å². The highest BCUT2D eigenvalue weighted by atomic mass is 16.5. The van der Waals surface area contributed by atoms with Crippen molar-refractivity contribution in [2.24, 2.45) is 0 Å². The maximum Gasteiger partial charge on any atom is 0.219 e. The molecular formula is C18H30O4. The topological polar surface area (TPSA) is 80.9 Å². The predicted octanol–water partition coefficient (Wildman–Crippen LogP) is 2.38. The third-order valence-corrected chi connectivity index (χ3v) is 4.45. The first-order chi connectivity index (χ1) is 10.4. The average Bonchev–Trinajstić information content (AvgIpc) is 2.52. The molecule has 0 spiro atoms. The lowest BCUT2D eigenvalue weighted by atomic mass is 9.80. The van der Waals surface area contributed by atoms with Crippen LogP contribution < -0.4 is 0 Å². The van der Waals surface area contributed by atoms with Crippen LogP contribution in [-0.4, -0.2) is 37.9 Å². The van der Waals surface area contributed by atoms with Gasteiger partial charge in [0.25, 0.3) is 0 Å². The van der Waals surface area contributed by atoms with Crippen LogP contribution in [0.15, 0.2) is 30.3 Å². The monoisotopic (exact) mass is 310 g/mol. The molecule has 4 N–H and O–H groups in total. The average molecular weight is 310 g/mol. The normalized spacial score (nSPS) is 16.3. The second-order valence-corrected chi connectivity index (χ2v) is 6.13. The minimum Gasteiger partial charge on any atom is -0.387 e. The van der Waals surface area contributed by atoms with Gasteiger partial charge in [-0.05, 0) is 18.4 Å². The molecule has 0 heterocycles. The largest absolute Gasteiger partial charge is 0.387 e. The summed E-state index contributed by atoms with van der Waals surface area (Å²) in [5, 5.41) is 41.6. The van der Waals surface area contributed by atoms with E-state index in [1.165, 1.54) is 0 Å². The van der Waals surface area contributed by atoms with Gasteiger partial charge in [0, 0.05) is 6.42 Å². The Morgan fingerprint density at radius 1 is 0.955 bits per heavy atom. The quantitative estimate of drug-likeness (QED) is 0.395. The standard InChI is InChI=1S/C18H30O4/c1-3-5-6-10-13-17(20,4-2)18(21,22)16(19)14-15-11-8-7-9-12-15/h7-9,11-12,16,19-22H,3-6,10,13-14H2,1-2H3. The molecule has 0 radical (unpaired) electrons. The van der Waals surface area contributed by atoms with Gasteiger partial charge in [-0.1, -0.05) is 69.9 Å². The molecule has 0 aliphatic carbocycles. The highest BCUT2D eigenvalue weighted by Gasteiger charge is 2.51. The summed E-state index contributed by atoms with van der Waals surface area (Å²) in [7, 11) is 0. The van der Waals surface area contributed by atoms with Gasteiger partial charge in [0.05, 0.1) is 0 Å². The van der Waals surface area contributed by atoms with Gasteiger partial charge in [0.15, 0.2) is 0 Å². The lowest BCUT2D eigenvalue weighted by Crippen LogP contribution is -2.61. The molecule has 4 nitrogen and oxygen atoms in total. The molecule has 0 bridgehead atoms. The van der Waals surface area contributed by atoms with Crippen molar-refractivity contribution in [3.05, 3.63) is 35.9 Å². The van der Waals surface area contributed by atoms with E-state index < -0.39 is 17.5 Å². The molecule has 0 aromatic heterocycles. The second-order valence-electron chi connectivity index (χ2n) is 6.13. The summed E-state index contributed by atoms with van der Waals surface area (Å²) < 4.78 is 0. The predicted molar refractivity (Wildman–Crippen MR) is 87.3 cm³/mol. The summed E-state index contributed by atoms with van der Waals surface area (Å²) >= 11 is 0. The first-order valence-electron chi connectivity index (χ1n) is 8.26. The Bertz CT molecular complexity index is 418. The molecule has 1 aromatic carbocycles. The maximum atomic E-state index is 10.6. The van der Waals surface area contributed by atoms with Gasteiger partial charge in [-0.25, -0.2) is 0 Å². The number of hydrogen-bond donors (Lipinski definition) is 4. The Labute approximate surface area is 133 Å². The van der Waals surface area contributed by atoms with Gasteiger partial charge in [-0.3, -0.25) is 0 Å². The van der Waals surface area contributed by atoms with E-state index >= 15 is 0 Å². The van der Waals surface area contributed by atoms with Crippen molar-refractivity contribution >= 4 is 0 Å². The molecule has 0 amide bonds. The smallest absolute Gasteiger partial charge is 0.219 e. The van der Waals surface area contributed by atoms with Crippen molar-refractivity contribution in [3.63, 3.8) is 0 Å². The third kappa shape index (κ3) is 4.78. The Kier molecular flexibility index (Phi) is 7.49. The maximum absolute atomic E-state index is 10.6. The van der Waals surface area contributed by atoms with E-state index in [4.69, 9.17) is 0 Å². The van der Waals surface area contributed by atoms with Gasteiger partial charge in [-0.15, -0.1) is 0 Å². The van der Waals surface area contributed by atoms with Gasteiger partial charge >= 0.3 is 0 Å². The van der Waals surface area contributed by atoms with Crippen molar-refractivity contribution in [2.45, 2.75) is 76.3 Å². The number of unbranched alkanes of at least 4 members (excludes halogenated alkanes) is 3. The van der Waals surface area contributed by atoms with E-state index in [2.05, 4.69) is 6.92 Å². The van der Waals surface area contributed by atoms with Crippen molar-refractivity contribution in [2.75, 3.05) is 0 Å². The SMILES string of the molecule is CCCCCCC(O)(CC)C(O)(O)C(O)Cc1ccccc1. The molecule has 1 aromatic rings. The summed E-state index contributed by atoms with van der Waals surface area (Å²) in [5.41, 5.74) is -0.901. The molecular weight excluding hydrogens is 280 g/mol. The summed E-state index contributed by atoms with van der Waals surface area (Å²) in [6, 6.07) is 9.14. The molecule has 0 saturated heterocycles. The van der Waals surface area contributed by atoms with Crippen molar-refractivity contribution in [1.29, 1.82) is 0 Å². The van der Waals surface area contributed by atoms with Gasteiger partial charge in [-0.2, -0.15) is 0 Å². The Hall–Kier alpha value is -0.940. The van der Waals surface area contributed by atoms with Crippen LogP contribution in [0.25, 0.3) is 0 Å². The number of benzene rings is 1. The Balaban J connectivity index is 2.73. The van der Waals surface area contributed by atoms with Gasteiger partial charge in [0.2, 0.25) is 5.79 Å². The minimum atomic E-state index is -2.52. The fraction of sp³-hybridized carbons (Fsp3) is 0.667. The van der Waals surface area contributed by atoms with Crippen LogP contribution in [0, 0.1) is 0 Å². The Morgan fingerprint density at radius 2 is 1.59 bits per heavy atom. The van der Waals surface area contributed by atoms with Crippen LogP contribution in [0.1, 0.15) is 57.9 Å². The van der Waals surface area contributed by atoms with Crippen LogP contribution in [0.4, 0.5) is 0 Å². The van der Waals surface area contributed by atoms with E-state index in [0.29, 0.717) is 6.42 Å². The van der Waals surface area contributed by atoms with Gasteiger partial charge in [0.1, 0.15) is 11.7 Å².